The molecule has 2 aliphatic heterocycles. The second-order valence-corrected chi connectivity index (χ2v) is 7.28. The fourth-order valence-corrected chi connectivity index (χ4v) is 3.17. The number of urea groups is 1. The molecule has 1 N–H and O–H groups in total. The monoisotopic (exact) mass is 294 g/mol. The number of carbonyl (C=O) groups excluding carboxylic acids is 1. The minimum Gasteiger partial charge on any atom is -0.481 e. The van der Waals surface area contributed by atoms with E-state index in [1.54, 1.807) is 4.90 Å². The summed E-state index contributed by atoms with van der Waals surface area (Å²) < 4.78 is 0. The van der Waals surface area contributed by atoms with Crippen LogP contribution in [0.4, 0.5) is 4.79 Å². The molecule has 0 aromatic rings. The molecule has 0 aliphatic carbocycles. The van der Waals surface area contributed by atoms with Crippen molar-refractivity contribution in [3.63, 3.8) is 0 Å². The van der Waals surface area contributed by atoms with Gasteiger partial charge in [-0.3, -0.25) is 4.79 Å². The lowest BCUT2D eigenvalue weighted by atomic mass is 9.83. The first kappa shape index (κ1) is 15.9. The molecule has 0 aromatic carbocycles. The number of hydrogen-bond donors (Lipinski definition) is 1. The predicted molar refractivity (Wildman–Crippen MR) is 81.0 cm³/mol. The molecule has 1 saturated heterocycles. The van der Waals surface area contributed by atoms with Gasteiger partial charge in [-0.05, 0) is 17.8 Å². The highest BCUT2D eigenvalue weighted by Crippen LogP contribution is 2.31. The van der Waals surface area contributed by atoms with Crippen LogP contribution in [-0.2, 0) is 4.79 Å². The van der Waals surface area contributed by atoms with Crippen LogP contribution in [0, 0.1) is 17.3 Å². The van der Waals surface area contributed by atoms with E-state index in [1.165, 1.54) is 5.57 Å². The Bertz CT molecular complexity index is 465. The quantitative estimate of drug-likeness (QED) is 0.756. The third kappa shape index (κ3) is 3.39. The van der Waals surface area contributed by atoms with E-state index in [-0.39, 0.29) is 17.4 Å². The molecule has 0 radical (unpaired) electrons. The fraction of sp³-hybridized carbons (Fsp3) is 0.750. The van der Waals surface area contributed by atoms with Crippen LogP contribution in [0.25, 0.3) is 0 Å². The maximum atomic E-state index is 12.5. The fourth-order valence-electron chi connectivity index (χ4n) is 3.17. The van der Waals surface area contributed by atoms with Crippen LogP contribution < -0.4 is 0 Å². The Morgan fingerprint density at radius 2 is 1.90 bits per heavy atom. The molecule has 0 bridgehead atoms. The van der Waals surface area contributed by atoms with E-state index in [1.807, 2.05) is 11.8 Å². The van der Waals surface area contributed by atoms with Crippen molar-refractivity contribution >= 4 is 12.0 Å². The van der Waals surface area contributed by atoms with Gasteiger partial charge >= 0.3 is 12.0 Å². The summed E-state index contributed by atoms with van der Waals surface area (Å²) in [5.41, 5.74) is 1.55. The highest BCUT2D eigenvalue weighted by molar-refractivity contribution is 5.78. The number of rotatable bonds is 1. The Hall–Kier alpha value is -1.52. The van der Waals surface area contributed by atoms with Crippen molar-refractivity contribution < 1.29 is 14.7 Å². The molecule has 5 nitrogen and oxygen atoms in total. The lowest BCUT2D eigenvalue weighted by molar-refractivity contribution is -0.142. The van der Waals surface area contributed by atoms with Crippen LogP contribution in [0.1, 0.15) is 34.1 Å². The number of carboxylic acids is 1. The number of amides is 2. The molecule has 0 spiro atoms. The molecule has 2 atom stereocenters. The van der Waals surface area contributed by atoms with Gasteiger partial charge in [-0.1, -0.05) is 39.3 Å². The van der Waals surface area contributed by atoms with Crippen molar-refractivity contribution in [3.8, 4) is 0 Å². The summed E-state index contributed by atoms with van der Waals surface area (Å²) >= 11 is 0. The van der Waals surface area contributed by atoms with E-state index in [2.05, 4.69) is 26.8 Å². The number of aliphatic carboxylic acids is 1. The van der Waals surface area contributed by atoms with Crippen LogP contribution in [0.15, 0.2) is 11.6 Å². The van der Waals surface area contributed by atoms with Gasteiger partial charge in [0.25, 0.3) is 0 Å². The van der Waals surface area contributed by atoms with Crippen molar-refractivity contribution in [3.05, 3.63) is 11.6 Å². The third-order valence-corrected chi connectivity index (χ3v) is 4.64. The highest BCUT2D eigenvalue weighted by Gasteiger charge is 2.38. The van der Waals surface area contributed by atoms with E-state index in [4.69, 9.17) is 5.11 Å². The smallest absolute Gasteiger partial charge is 0.320 e. The van der Waals surface area contributed by atoms with E-state index in [0.717, 1.165) is 13.0 Å². The lowest BCUT2D eigenvalue weighted by Gasteiger charge is -2.34. The van der Waals surface area contributed by atoms with Crippen LogP contribution in [0.5, 0.6) is 0 Å². The summed E-state index contributed by atoms with van der Waals surface area (Å²) in [5, 5.41) is 9.16. The zero-order chi connectivity index (χ0) is 15.8. The van der Waals surface area contributed by atoms with Gasteiger partial charge in [-0.15, -0.1) is 0 Å². The number of carbonyl (C=O) groups is 2. The Morgan fingerprint density at radius 1 is 1.24 bits per heavy atom. The summed E-state index contributed by atoms with van der Waals surface area (Å²) in [4.78, 5) is 27.2. The van der Waals surface area contributed by atoms with Crippen LogP contribution in [0.2, 0.25) is 0 Å². The van der Waals surface area contributed by atoms with Crippen LogP contribution in [-0.4, -0.2) is 53.1 Å². The van der Waals surface area contributed by atoms with Crippen LogP contribution >= 0.6 is 0 Å². The average molecular weight is 294 g/mol. The molecule has 21 heavy (non-hydrogen) atoms. The molecule has 2 aliphatic rings. The third-order valence-electron chi connectivity index (χ3n) is 4.64. The predicted octanol–water partition coefficient (Wildman–Crippen LogP) is 2.44. The van der Waals surface area contributed by atoms with Gasteiger partial charge in [0, 0.05) is 26.2 Å². The molecule has 5 heteroatoms. The molecule has 2 amide bonds. The summed E-state index contributed by atoms with van der Waals surface area (Å²) in [5.74, 6) is -1.21. The first-order valence-corrected chi connectivity index (χ1v) is 7.66. The van der Waals surface area contributed by atoms with Gasteiger partial charge in [-0.2, -0.15) is 0 Å². The molecule has 118 valence electrons. The molecular weight excluding hydrogens is 268 g/mol. The minimum atomic E-state index is -0.800. The lowest BCUT2D eigenvalue weighted by Crippen LogP contribution is -2.44. The van der Waals surface area contributed by atoms with Gasteiger partial charge in [0.05, 0.1) is 5.92 Å². The molecule has 0 saturated carbocycles. The summed E-state index contributed by atoms with van der Waals surface area (Å²) in [6.45, 7) is 10.7. The van der Waals surface area contributed by atoms with Crippen molar-refractivity contribution in [2.75, 3.05) is 26.2 Å². The Morgan fingerprint density at radius 3 is 2.33 bits per heavy atom. The van der Waals surface area contributed by atoms with Crippen molar-refractivity contribution in [1.82, 2.24) is 9.80 Å². The molecule has 2 rings (SSSR count). The minimum absolute atomic E-state index is 0.0187. The molecular formula is C16H26N2O3. The first-order chi connectivity index (χ1) is 9.70. The summed E-state index contributed by atoms with van der Waals surface area (Å²) in [6, 6.07) is -0.0187. The van der Waals surface area contributed by atoms with Gasteiger partial charge in [0.1, 0.15) is 0 Å². The van der Waals surface area contributed by atoms with E-state index in [0.29, 0.717) is 19.6 Å². The number of carboxylic acid groups (broad SMARTS) is 1. The second kappa shape index (κ2) is 5.70. The zero-order valence-electron chi connectivity index (χ0n) is 13.4. The first-order valence-electron chi connectivity index (χ1n) is 7.66. The molecule has 2 heterocycles. The van der Waals surface area contributed by atoms with Crippen molar-refractivity contribution in [1.29, 1.82) is 0 Å². The SMILES string of the molecule is C[C@@H]1CN(C(=O)N2CC=C(C(C)(C)C)CC2)C[C@H]1C(=O)O. The van der Waals surface area contributed by atoms with E-state index < -0.39 is 11.9 Å². The van der Waals surface area contributed by atoms with E-state index in [9.17, 15) is 9.59 Å². The number of hydrogen-bond acceptors (Lipinski definition) is 2. The van der Waals surface area contributed by atoms with Gasteiger partial charge in [0.15, 0.2) is 0 Å². The zero-order valence-corrected chi connectivity index (χ0v) is 13.4. The normalized spacial score (nSPS) is 26.8. The average Bonchev–Trinajstić information content (AvgIpc) is 2.79. The molecule has 0 aromatic heterocycles. The standard InChI is InChI=1S/C16H26N2O3/c1-11-9-18(10-13(11)14(19)20)15(21)17-7-5-12(6-8-17)16(2,3)4/h5,11,13H,6-10H2,1-4H3,(H,19,20)/t11-,13-/m1/s1. The van der Waals surface area contributed by atoms with Gasteiger partial charge in [-0.25, -0.2) is 4.79 Å². The Balaban J connectivity index is 1.97. The van der Waals surface area contributed by atoms with E-state index >= 15 is 0 Å². The van der Waals surface area contributed by atoms with Crippen LogP contribution in [0.3, 0.4) is 0 Å². The Kier molecular flexibility index (Phi) is 4.30. The maximum absolute atomic E-state index is 12.5. The second-order valence-electron chi connectivity index (χ2n) is 7.28. The number of nitrogens with zero attached hydrogens (tertiary/aromatic N) is 2. The number of likely N-dealkylation sites (tertiary alicyclic amines) is 1. The topological polar surface area (TPSA) is 60.9 Å². The highest BCUT2D eigenvalue weighted by atomic mass is 16.4. The van der Waals surface area contributed by atoms with Crippen molar-refractivity contribution in [2.45, 2.75) is 34.1 Å². The van der Waals surface area contributed by atoms with Gasteiger partial charge < -0.3 is 14.9 Å². The summed E-state index contributed by atoms with van der Waals surface area (Å²) in [7, 11) is 0. The van der Waals surface area contributed by atoms with Crippen molar-refractivity contribution in [2.24, 2.45) is 17.3 Å². The maximum Gasteiger partial charge on any atom is 0.320 e. The molecule has 0 unspecified atom stereocenters. The van der Waals surface area contributed by atoms with Gasteiger partial charge in [0.2, 0.25) is 0 Å². The Labute approximate surface area is 126 Å². The summed E-state index contributed by atoms with van der Waals surface area (Å²) in [6.07, 6.45) is 3.05. The largest absolute Gasteiger partial charge is 0.481 e. The molecule has 1 fully saturated rings.